The molecule has 1 N–H and O–H groups in total. The number of aromatic nitrogens is 1. The Labute approximate surface area is 189 Å². The normalized spacial score (nSPS) is 19.6. The second kappa shape index (κ2) is 7.64. The van der Waals surface area contributed by atoms with Crippen LogP contribution in [-0.4, -0.2) is 28.6 Å². The van der Waals surface area contributed by atoms with Gasteiger partial charge in [0.05, 0.1) is 5.56 Å². The first-order valence-electron chi connectivity index (χ1n) is 11.0. The van der Waals surface area contributed by atoms with E-state index in [-0.39, 0.29) is 23.4 Å². The summed E-state index contributed by atoms with van der Waals surface area (Å²) < 4.78 is 3.16. The minimum absolute atomic E-state index is 0.0661. The molecule has 0 unspecified atom stereocenters. The molecule has 0 radical (unpaired) electrons. The Morgan fingerprint density at radius 3 is 2.59 bits per heavy atom. The molecule has 1 fully saturated rings. The molecule has 4 heterocycles. The highest BCUT2D eigenvalue weighted by atomic mass is 32.1. The molecular weight excluding hydrogens is 418 g/mol. The van der Waals surface area contributed by atoms with Gasteiger partial charge in [0, 0.05) is 46.5 Å². The second-order valence-corrected chi connectivity index (χ2v) is 9.82. The van der Waals surface area contributed by atoms with Gasteiger partial charge in [0.2, 0.25) is 0 Å². The quantitative estimate of drug-likeness (QED) is 0.454. The van der Waals surface area contributed by atoms with E-state index in [0.717, 1.165) is 28.2 Å². The molecule has 2 atom stereocenters. The van der Waals surface area contributed by atoms with Gasteiger partial charge in [-0.05, 0) is 54.1 Å². The van der Waals surface area contributed by atoms with Crippen molar-refractivity contribution in [3.05, 3.63) is 88.8 Å². The number of urea groups is 1. The highest BCUT2D eigenvalue weighted by Gasteiger charge is 2.36. The van der Waals surface area contributed by atoms with Crippen molar-refractivity contribution in [3.8, 4) is 10.4 Å². The summed E-state index contributed by atoms with van der Waals surface area (Å²) in [5.74, 6) is 0.478. The van der Waals surface area contributed by atoms with Crippen molar-refractivity contribution in [2.45, 2.75) is 18.9 Å². The number of benzene rings is 2. The topological polar surface area (TPSA) is 54.3 Å². The van der Waals surface area contributed by atoms with Gasteiger partial charge in [0.1, 0.15) is 0 Å². The lowest BCUT2D eigenvalue weighted by molar-refractivity contribution is 0.139. The number of fused-ring (bicyclic) bond motifs is 5. The number of nitrogens with zero attached hydrogens (tertiary/aromatic N) is 2. The average Bonchev–Trinajstić information content (AvgIpc) is 3.24. The fourth-order valence-corrected chi connectivity index (χ4v) is 6.22. The third-order valence-electron chi connectivity index (χ3n) is 6.61. The number of amides is 2. The number of nitrogens with one attached hydrogen (secondary N) is 1. The average molecular weight is 442 g/mol. The van der Waals surface area contributed by atoms with Gasteiger partial charge in [-0.2, -0.15) is 0 Å². The largest absolute Gasteiger partial charge is 0.324 e. The SMILES string of the molecule is O=C(Nc1ccccc1)N1C[C@H]2C[C@H](C1)c1ccc(-c3cc4ccccc4s3)c(=O)n1C2. The van der Waals surface area contributed by atoms with E-state index < -0.39 is 0 Å². The first-order valence-corrected chi connectivity index (χ1v) is 11.8. The highest BCUT2D eigenvalue weighted by Crippen LogP contribution is 2.37. The number of hydrogen-bond donors (Lipinski definition) is 1. The van der Waals surface area contributed by atoms with Crippen molar-refractivity contribution in [2.24, 2.45) is 5.92 Å². The van der Waals surface area contributed by atoms with Gasteiger partial charge >= 0.3 is 6.03 Å². The zero-order valence-electron chi connectivity index (χ0n) is 17.5. The van der Waals surface area contributed by atoms with Crippen LogP contribution in [0.1, 0.15) is 18.0 Å². The van der Waals surface area contributed by atoms with E-state index in [4.69, 9.17) is 0 Å². The summed E-state index contributed by atoms with van der Waals surface area (Å²) in [6.07, 6.45) is 1.02. The Hall–Kier alpha value is -3.38. The fraction of sp³-hybridized carbons (Fsp3) is 0.231. The van der Waals surface area contributed by atoms with E-state index in [1.165, 1.54) is 10.1 Å². The van der Waals surface area contributed by atoms with Crippen LogP contribution in [0.5, 0.6) is 0 Å². The zero-order chi connectivity index (χ0) is 21.7. The van der Waals surface area contributed by atoms with E-state index in [1.54, 1.807) is 11.3 Å². The maximum absolute atomic E-state index is 13.5. The van der Waals surface area contributed by atoms with Gasteiger partial charge in [0.15, 0.2) is 0 Å². The monoisotopic (exact) mass is 441 g/mol. The van der Waals surface area contributed by atoms with Crippen molar-refractivity contribution in [2.75, 3.05) is 18.4 Å². The number of rotatable bonds is 2. The van der Waals surface area contributed by atoms with Crippen molar-refractivity contribution in [3.63, 3.8) is 0 Å². The van der Waals surface area contributed by atoms with E-state index in [1.807, 2.05) is 58.0 Å². The Bertz CT molecular complexity index is 1340. The van der Waals surface area contributed by atoms with Crippen LogP contribution >= 0.6 is 11.3 Å². The molecule has 2 aliphatic rings. The van der Waals surface area contributed by atoms with Crippen LogP contribution in [0.3, 0.4) is 0 Å². The lowest BCUT2D eigenvalue weighted by atomic mass is 9.83. The van der Waals surface area contributed by atoms with Crippen LogP contribution < -0.4 is 10.9 Å². The van der Waals surface area contributed by atoms with Crippen molar-refractivity contribution < 1.29 is 4.79 Å². The smallest absolute Gasteiger partial charge is 0.321 e. The van der Waals surface area contributed by atoms with Gasteiger partial charge in [-0.1, -0.05) is 36.4 Å². The molecule has 0 spiro atoms. The molecule has 0 aliphatic carbocycles. The van der Waals surface area contributed by atoms with Crippen LogP contribution in [-0.2, 0) is 6.54 Å². The predicted molar refractivity (Wildman–Crippen MR) is 129 cm³/mol. The number of thiophene rings is 1. The maximum atomic E-state index is 13.5. The molecule has 4 aromatic rings. The number of carbonyl (C=O) groups is 1. The van der Waals surface area contributed by atoms with Crippen LogP contribution in [0.2, 0.25) is 0 Å². The molecule has 6 heteroatoms. The summed E-state index contributed by atoms with van der Waals surface area (Å²) >= 11 is 1.67. The lowest BCUT2D eigenvalue weighted by Crippen LogP contribution is -2.50. The number of hydrogen-bond acceptors (Lipinski definition) is 3. The Morgan fingerprint density at radius 2 is 1.75 bits per heavy atom. The molecule has 0 saturated carbocycles. The Kier molecular flexibility index (Phi) is 4.61. The van der Waals surface area contributed by atoms with E-state index in [2.05, 4.69) is 29.6 Å². The van der Waals surface area contributed by atoms with Crippen LogP contribution in [0, 0.1) is 5.92 Å². The van der Waals surface area contributed by atoms with Crippen molar-refractivity contribution in [1.29, 1.82) is 0 Å². The van der Waals surface area contributed by atoms with Crippen molar-refractivity contribution in [1.82, 2.24) is 9.47 Å². The molecule has 32 heavy (non-hydrogen) atoms. The summed E-state index contributed by atoms with van der Waals surface area (Å²) in [5.41, 5.74) is 2.71. The van der Waals surface area contributed by atoms with E-state index in [0.29, 0.717) is 19.6 Å². The molecule has 160 valence electrons. The fourth-order valence-electron chi connectivity index (χ4n) is 5.14. The molecule has 2 amide bonds. The number of piperidine rings is 1. The summed E-state index contributed by atoms with van der Waals surface area (Å²) in [6, 6.07) is 23.9. The van der Waals surface area contributed by atoms with E-state index in [9.17, 15) is 9.59 Å². The van der Waals surface area contributed by atoms with Crippen LogP contribution in [0.25, 0.3) is 20.5 Å². The Balaban J connectivity index is 1.29. The second-order valence-electron chi connectivity index (χ2n) is 8.74. The minimum atomic E-state index is -0.0661. The Morgan fingerprint density at radius 1 is 0.938 bits per heavy atom. The lowest BCUT2D eigenvalue weighted by Gasteiger charge is -2.42. The third kappa shape index (κ3) is 3.31. The van der Waals surface area contributed by atoms with Gasteiger partial charge in [-0.25, -0.2) is 4.79 Å². The molecular formula is C26H23N3O2S. The minimum Gasteiger partial charge on any atom is -0.324 e. The number of anilines is 1. The number of pyridine rings is 1. The first-order chi connectivity index (χ1) is 15.7. The van der Waals surface area contributed by atoms with E-state index >= 15 is 0 Å². The maximum Gasteiger partial charge on any atom is 0.321 e. The molecule has 2 aromatic heterocycles. The van der Waals surface area contributed by atoms with Crippen LogP contribution in [0.4, 0.5) is 10.5 Å². The molecule has 5 nitrogen and oxygen atoms in total. The molecule has 2 aromatic carbocycles. The molecule has 6 rings (SSSR count). The summed E-state index contributed by atoms with van der Waals surface area (Å²) in [6.45, 7) is 1.98. The van der Waals surface area contributed by atoms with Gasteiger partial charge in [-0.3, -0.25) is 4.79 Å². The summed E-state index contributed by atoms with van der Waals surface area (Å²) in [4.78, 5) is 29.2. The molecule has 1 saturated heterocycles. The summed E-state index contributed by atoms with van der Waals surface area (Å²) in [7, 11) is 0. The van der Waals surface area contributed by atoms with Gasteiger partial charge < -0.3 is 14.8 Å². The predicted octanol–water partition coefficient (Wildman–Crippen LogP) is 5.38. The zero-order valence-corrected chi connectivity index (χ0v) is 18.3. The number of carbonyl (C=O) groups excluding carboxylic acids is 1. The molecule has 2 bridgehead atoms. The summed E-state index contributed by atoms with van der Waals surface area (Å²) in [5, 5.41) is 4.17. The number of para-hydroxylation sites is 1. The first kappa shape index (κ1) is 19.3. The third-order valence-corrected chi connectivity index (χ3v) is 7.76. The van der Waals surface area contributed by atoms with Gasteiger partial charge in [0.25, 0.3) is 5.56 Å². The van der Waals surface area contributed by atoms with Crippen molar-refractivity contribution >= 4 is 33.1 Å². The van der Waals surface area contributed by atoms with Crippen LogP contribution in [0.15, 0.2) is 77.6 Å². The molecule has 2 aliphatic heterocycles. The number of likely N-dealkylation sites (tertiary alicyclic amines) is 1. The standard InChI is InChI=1S/C26H23N3O2S/c30-25-21(24-13-18-6-4-5-9-23(18)32-24)10-11-22-19-12-17(15-29(22)25)14-28(16-19)26(31)27-20-7-2-1-3-8-20/h1-11,13,17,19H,12,14-16H2,(H,27,31)/t17-,19-/m1/s1. The van der Waals surface area contributed by atoms with Gasteiger partial charge in [-0.15, -0.1) is 11.3 Å². The highest BCUT2D eigenvalue weighted by molar-refractivity contribution is 7.22.